The summed E-state index contributed by atoms with van der Waals surface area (Å²) in [4.78, 5) is 16.7. The van der Waals surface area contributed by atoms with Crippen molar-refractivity contribution in [1.29, 1.82) is 0 Å². The average molecular weight is 286 g/mol. The average Bonchev–Trinajstić information content (AvgIpc) is 2.52. The first-order chi connectivity index (χ1) is 9.75. The number of pyridine rings is 1. The van der Waals surface area contributed by atoms with Crippen molar-refractivity contribution >= 4 is 23.5 Å². The van der Waals surface area contributed by atoms with E-state index in [0.717, 1.165) is 4.90 Å². The van der Waals surface area contributed by atoms with Crippen LogP contribution in [0.25, 0.3) is 0 Å². The Morgan fingerprint density at radius 1 is 1.20 bits per heavy atom. The quantitative estimate of drug-likeness (QED) is 0.380. The van der Waals surface area contributed by atoms with E-state index in [9.17, 15) is 4.79 Å². The summed E-state index contributed by atoms with van der Waals surface area (Å²) in [6.45, 7) is 0. The number of amides is 1. The smallest absolute Gasteiger partial charge is 0.271 e. The van der Waals surface area contributed by atoms with Gasteiger partial charge in [0.25, 0.3) is 5.91 Å². The summed E-state index contributed by atoms with van der Waals surface area (Å²) < 4.78 is 0. The van der Waals surface area contributed by atoms with Crippen LogP contribution >= 0.6 is 11.8 Å². The van der Waals surface area contributed by atoms with Gasteiger partial charge in [0.05, 0.1) is 5.75 Å². The number of carbonyl (C=O) groups excluding carboxylic acids is 1. The van der Waals surface area contributed by atoms with Crippen LogP contribution in [0.1, 0.15) is 10.4 Å². The number of rotatable bonds is 5. The molecule has 1 amide bonds. The Balaban J connectivity index is 1.84. The molecule has 0 unspecified atom stereocenters. The molecule has 0 spiro atoms. The Labute approximate surface area is 121 Å². The van der Waals surface area contributed by atoms with Crippen LogP contribution in [0.5, 0.6) is 0 Å². The molecule has 20 heavy (non-hydrogen) atoms. The third kappa shape index (κ3) is 4.40. The first kappa shape index (κ1) is 14.1. The predicted octanol–water partition coefficient (Wildman–Crippen LogP) is 1.88. The number of nitrogens with two attached hydrogens (primary N) is 1. The molecule has 3 N–H and O–H groups in total. The van der Waals surface area contributed by atoms with E-state index in [0.29, 0.717) is 17.2 Å². The van der Waals surface area contributed by atoms with Gasteiger partial charge in [-0.1, -0.05) is 18.2 Å². The zero-order chi connectivity index (χ0) is 14.2. The molecule has 0 atom stereocenters. The van der Waals surface area contributed by atoms with Gasteiger partial charge in [0.15, 0.2) is 0 Å². The normalized spacial score (nSPS) is 11.1. The van der Waals surface area contributed by atoms with Crippen LogP contribution in [0.2, 0.25) is 0 Å². The fourth-order valence-corrected chi connectivity index (χ4v) is 2.13. The van der Waals surface area contributed by atoms with Gasteiger partial charge in [-0.25, -0.2) is 5.43 Å². The molecule has 0 radical (unpaired) electrons. The van der Waals surface area contributed by atoms with E-state index in [1.54, 1.807) is 36.3 Å². The first-order valence-electron chi connectivity index (χ1n) is 5.96. The number of hydrogen-bond donors (Lipinski definition) is 2. The van der Waals surface area contributed by atoms with Crippen LogP contribution in [0, 0.1) is 0 Å². The SMILES string of the molecule is N/C(CSc1ccccc1)=N/NC(=O)c1ccncc1. The van der Waals surface area contributed by atoms with Gasteiger partial charge in [-0.15, -0.1) is 11.8 Å². The molecule has 0 fully saturated rings. The third-order valence-corrected chi connectivity index (χ3v) is 3.42. The Morgan fingerprint density at radius 2 is 1.90 bits per heavy atom. The number of carbonyl (C=O) groups is 1. The van der Waals surface area contributed by atoms with Crippen molar-refractivity contribution in [1.82, 2.24) is 10.4 Å². The Hall–Kier alpha value is -2.34. The van der Waals surface area contributed by atoms with Gasteiger partial charge in [0.1, 0.15) is 5.84 Å². The van der Waals surface area contributed by atoms with Crippen molar-refractivity contribution in [2.75, 3.05) is 5.75 Å². The van der Waals surface area contributed by atoms with E-state index in [2.05, 4.69) is 15.5 Å². The number of nitrogens with zero attached hydrogens (tertiary/aromatic N) is 2. The Bertz CT molecular complexity index is 587. The minimum Gasteiger partial charge on any atom is -0.385 e. The standard InChI is InChI=1S/C14H14N4OS/c15-13(10-20-12-4-2-1-3-5-12)17-18-14(19)11-6-8-16-9-7-11/h1-9H,10H2,(H2,15,17)(H,18,19). The van der Waals surface area contributed by atoms with Gasteiger partial charge in [-0.05, 0) is 24.3 Å². The number of nitrogens with one attached hydrogen (secondary N) is 1. The third-order valence-electron chi connectivity index (χ3n) is 2.37. The van der Waals surface area contributed by atoms with Crippen molar-refractivity contribution in [3.05, 3.63) is 60.4 Å². The lowest BCUT2D eigenvalue weighted by molar-refractivity contribution is 0.0954. The lowest BCUT2D eigenvalue weighted by Gasteiger charge is -2.03. The second-order valence-corrected chi connectivity index (χ2v) is 4.93. The molecule has 5 nitrogen and oxygen atoms in total. The topological polar surface area (TPSA) is 80.4 Å². The molecule has 1 aromatic heterocycles. The lowest BCUT2D eigenvalue weighted by atomic mass is 10.3. The summed E-state index contributed by atoms with van der Waals surface area (Å²) in [7, 11) is 0. The number of hydrogen-bond acceptors (Lipinski definition) is 4. The molecule has 0 aliphatic carbocycles. The summed E-state index contributed by atoms with van der Waals surface area (Å²) in [5, 5.41) is 3.87. The molecule has 2 aromatic rings. The number of benzene rings is 1. The molecule has 0 aliphatic rings. The summed E-state index contributed by atoms with van der Waals surface area (Å²) >= 11 is 1.56. The van der Waals surface area contributed by atoms with Crippen LogP contribution < -0.4 is 11.2 Å². The van der Waals surface area contributed by atoms with Crippen molar-refractivity contribution in [2.24, 2.45) is 10.8 Å². The van der Waals surface area contributed by atoms with Crippen LogP contribution in [0.3, 0.4) is 0 Å². The molecule has 1 heterocycles. The summed E-state index contributed by atoms with van der Waals surface area (Å²) in [6, 6.07) is 13.1. The minimum atomic E-state index is -0.305. The zero-order valence-corrected chi connectivity index (χ0v) is 11.5. The second-order valence-electron chi connectivity index (χ2n) is 3.88. The largest absolute Gasteiger partial charge is 0.385 e. The summed E-state index contributed by atoms with van der Waals surface area (Å²) in [5.74, 6) is 0.571. The number of hydrazone groups is 1. The number of thioether (sulfide) groups is 1. The minimum absolute atomic E-state index is 0.305. The summed E-state index contributed by atoms with van der Waals surface area (Å²) in [5.41, 5.74) is 8.66. The predicted molar refractivity (Wildman–Crippen MR) is 80.5 cm³/mol. The van der Waals surface area contributed by atoms with Gasteiger partial charge in [-0.3, -0.25) is 9.78 Å². The molecular formula is C14H14N4OS. The molecule has 6 heteroatoms. The van der Waals surface area contributed by atoms with Gasteiger partial charge in [0.2, 0.25) is 0 Å². The van der Waals surface area contributed by atoms with Crippen molar-refractivity contribution in [3.8, 4) is 0 Å². The maximum Gasteiger partial charge on any atom is 0.271 e. The molecule has 1 aromatic carbocycles. The monoisotopic (exact) mass is 286 g/mol. The lowest BCUT2D eigenvalue weighted by Crippen LogP contribution is -2.24. The van der Waals surface area contributed by atoms with Gasteiger partial charge in [-0.2, -0.15) is 5.10 Å². The van der Waals surface area contributed by atoms with Crippen molar-refractivity contribution in [2.45, 2.75) is 4.90 Å². The fourth-order valence-electron chi connectivity index (χ4n) is 1.40. The molecule has 102 valence electrons. The van der Waals surface area contributed by atoms with E-state index >= 15 is 0 Å². The van der Waals surface area contributed by atoms with Gasteiger partial charge in [0, 0.05) is 22.9 Å². The Kier molecular flexibility index (Phi) is 5.14. The van der Waals surface area contributed by atoms with Crippen molar-refractivity contribution < 1.29 is 4.79 Å². The summed E-state index contributed by atoms with van der Waals surface area (Å²) in [6.07, 6.45) is 3.10. The first-order valence-corrected chi connectivity index (χ1v) is 6.94. The maximum absolute atomic E-state index is 11.7. The van der Waals surface area contributed by atoms with Gasteiger partial charge >= 0.3 is 0 Å². The van der Waals surface area contributed by atoms with E-state index in [1.165, 1.54) is 0 Å². The maximum atomic E-state index is 11.7. The van der Waals surface area contributed by atoms with Crippen LogP contribution in [0.15, 0.2) is 64.9 Å². The van der Waals surface area contributed by atoms with Gasteiger partial charge < -0.3 is 5.73 Å². The van der Waals surface area contributed by atoms with Crippen LogP contribution in [-0.2, 0) is 0 Å². The van der Waals surface area contributed by atoms with Crippen LogP contribution in [0.4, 0.5) is 0 Å². The highest BCUT2D eigenvalue weighted by Gasteiger charge is 2.03. The number of amidine groups is 1. The van der Waals surface area contributed by atoms with E-state index < -0.39 is 0 Å². The van der Waals surface area contributed by atoms with Crippen molar-refractivity contribution in [3.63, 3.8) is 0 Å². The molecular weight excluding hydrogens is 272 g/mol. The Morgan fingerprint density at radius 3 is 2.60 bits per heavy atom. The highest BCUT2D eigenvalue weighted by atomic mass is 32.2. The molecule has 0 saturated carbocycles. The number of aromatic nitrogens is 1. The highest BCUT2D eigenvalue weighted by molar-refractivity contribution is 8.00. The zero-order valence-electron chi connectivity index (χ0n) is 10.7. The molecule has 2 rings (SSSR count). The molecule has 0 aliphatic heterocycles. The van der Waals surface area contributed by atoms with E-state index in [4.69, 9.17) is 5.73 Å². The van der Waals surface area contributed by atoms with E-state index in [1.807, 2.05) is 30.3 Å². The van der Waals surface area contributed by atoms with E-state index in [-0.39, 0.29) is 5.91 Å². The fraction of sp³-hybridized carbons (Fsp3) is 0.0714. The molecule has 0 saturated heterocycles. The second kappa shape index (κ2) is 7.30. The molecule has 0 bridgehead atoms. The van der Waals surface area contributed by atoms with Crippen LogP contribution in [-0.4, -0.2) is 22.5 Å². The highest BCUT2D eigenvalue weighted by Crippen LogP contribution is 2.15.